The van der Waals surface area contributed by atoms with Crippen molar-refractivity contribution < 1.29 is 14.1 Å². The van der Waals surface area contributed by atoms with Gasteiger partial charge in [0.25, 0.3) is 5.89 Å². The van der Waals surface area contributed by atoms with Crippen molar-refractivity contribution in [3.8, 4) is 28.6 Å². The lowest BCUT2D eigenvalue weighted by Crippen LogP contribution is -2.05. The molecule has 30 heavy (non-hydrogen) atoms. The molecule has 0 spiro atoms. The number of benzene rings is 2. The summed E-state index contributed by atoms with van der Waals surface area (Å²) < 4.78 is 11.2. The van der Waals surface area contributed by atoms with Crippen LogP contribution in [0.15, 0.2) is 40.9 Å². The van der Waals surface area contributed by atoms with Crippen LogP contribution in [0.2, 0.25) is 5.02 Å². The molecule has 6 heteroatoms. The Morgan fingerprint density at radius 3 is 2.70 bits per heavy atom. The Kier molecular flexibility index (Phi) is 7.27. The highest BCUT2D eigenvalue weighted by atomic mass is 35.5. The van der Waals surface area contributed by atoms with Gasteiger partial charge in [0.2, 0.25) is 5.82 Å². The van der Waals surface area contributed by atoms with E-state index in [2.05, 4.69) is 23.1 Å². The number of rotatable bonds is 9. The van der Waals surface area contributed by atoms with Gasteiger partial charge in [0, 0.05) is 17.5 Å². The third-order valence-corrected chi connectivity index (χ3v) is 5.11. The predicted octanol–water partition coefficient (Wildman–Crippen LogP) is 6.32. The molecule has 0 amide bonds. The second-order valence-electron chi connectivity index (χ2n) is 7.59. The Bertz CT molecular complexity index is 1030. The fourth-order valence-electron chi connectivity index (χ4n) is 3.46. The van der Waals surface area contributed by atoms with Crippen LogP contribution < -0.4 is 4.74 Å². The molecule has 3 rings (SSSR count). The van der Waals surface area contributed by atoms with E-state index < -0.39 is 0 Å². The fraction of sp³-hybridized carbons (Fsp3) is 0.375. The van der Waals surface area contributed by atoms with Crippen molar-refractivity contribution in [2.45, 2.75) is 59.5 Å². The lowest BCUT2D eigenvalue weighted by atomic mass is 9.94. The molecule has 158 valence electrons. The SMILES string of the molecule is CCc1c(CCCC(C)=O)cccc1-c1noc(-c2ccc(OC(C)C)c(Cl)c2)n1. The topological polar surface area (TPSA) is 65.2 Å². The first kappa shape index (κ1) is 22.0. The number of aryl methyl sites for hydroxylation is 1. The molecular weight excluding hydrogens is 400 g/mol. The van der Waals surface area contributed by atoms with Gasteiger partial charge in [0.1, 0.15) is 11.5 Å². The van der Waals surface area contributed by atoms with Crippen LogP contribution in [0, 0.1) is 0 Å². The molecule has 5 nitrogen and oxygen atoms in total. The van der Waals surface area contributed by atoms with Gasteiger partial charge in [-0.05, 0) is 69.4 Å². The summed E-state index contributed by atoms with van der Waals surface area (Å²) >= 11 is 6.35. The van der Waals surface area contributed by atoms with E-state index in [1.165, 1.54) is 11.1 Å². The Morgan fingerprint density at radius 1 is 1.23 bits per heavy atom. The van der Waals surface area contributed by atoms with E-state index in [0.717, 1.165) is 30.4 Å². The average molecular weight is 427 g/mol. The maximum atomic E-state index is 11.3. The normalized spacial score (nSPS) is 11.1. The lowest BCUT2D eigenvalue weighted by molar-refractivity contribution is -0.117. The Morgan fingerprint density at radius 2 is 2.03 bits per heavy atom. The van der Waals surface area contributed by atoms with Crippen molar-refractivity contribution in [1.82, 2.24) is 10.1 Å². The third kappa shape index (κ3) is 5.28. The number of aromatic nitrogens is 2. The number of nitrogens with zero attached hydrogens (tertiary/aromatic N) is 2. The molecule has 1 heterocycles. The second kappa shape index (κ2) is 9.90. The Hall–Kier alpha value is -2.66. The van der Waals surface area contributed by atoms with Crippen molar-refractivity contribution in [2.24, 2.45) is 0 Å². The van der Waals surface area contributed by atoms with Gasteiger partial charge in [0.05, 0.1) is 11.1 Å². The summed E-state index contributed by atoms with van der Waals surface area (Å²) in [5.74, 6) is 1.80. The molecule has 0 saturated heterocycles. The molecule has 2 aromatic carbocycles. The minimum Gasteiger partial charge on any atom is -0.489 e. The molecule has 0 aliphatic carbocycles. The predicted molar refractivity (Wildman–Crippen MR) is 119 cm³/mol. The monoisotopic (exact) mass is 426 g/mol. The van der Waals surface area contributed by atoms with Gasteiger partial charge in [-0.3, -0.25) is 0 Å². The molecule has 0 radical (unpaired) electrons. The summed E-state index contributed by atoms with van der Waals surface area (Å²) in [6.45, 7) is 7.65. The quantitative estimate of drug-likeness (QED) is 0.400. The van der Waals surface area contributed by atoms with Crippen molar-refractivity contribution >= 4 is 17.4 Å². The van der Waals surface area contributed by atoms with E-state index in [1.807, 2.05) is 38.1 Å². The van der Waals surface area contributed by atoms with Gasteiger partial charge in [-0.25, -0.2) is 0 Å². The third-order valence-electron chi connectivity index (χ3n) is 4.81. The Balaban J connectivity index is 1.87. The number of carbonyl (C=O) groups excluding carboxylic acids is 1. The summed E-state index contributed by atoms with van der Waals surface area (Å²) in [6.07, 6.45) is 3.18. The zero-order chi connectivity index (χ0) is 21.7. The molecule has 0 atom stereocenters. The van der Waals surface area contributed by atoms with E-state index in [1.54, 1.807) is 13.0 Å². The number of halogens is 1. The average Bonchev–Trinajstić information content (AvgIpc) is 3.18. The molecule has 0 bridgehead atoms. The first-order valence-electron chi connectivity index (χ1n) is 10.3. The van der Waals surface area contributed by atoms with E-state index in [0.29, 0.717) is 28.9 Å². The number of Topliss-reactive ketones (excluding diaryl/α,β-unsaturated/α-hetero) is 1. The first-order chi connectivity index (χ1) is 14.4. The highest BCUT2D eigenvalue weighted by molar-refractivity contribution is 6.32. The molecular formula is C24H27ClN2O3. The highest BCUT2D eigenvalue weighted by Crippen LogP contribution is 2.32. The zero-order valence-electron chi connectivity index (χ0n) is 17.9. The number of hydrogen-bond acceptors (Lipinski definition) is 5. The van der Waals surface area contributed by atoms with Crippen LogP contribution in [0.5, 0.6) is 5.75 Å². The number of ketones is 1. The number of carbonyl (C=O) groups is 1. The van der Waals surface area contributed by atoms with Gasteiger partial charge in [-0.1, -0.05) is 41.9 Å². The number of hydrogen-bond donors (Lipinski definition) is 0. The van der Waals surface area contributed by atoms with Crippen LogP contribution in [-0.2, 0) is 17.6 Å². The minimum absolute atomic E-state index is 0.0403. The molecule has 1 aromatic heterocycles. The highest BCUT2D eigenvalue weighted by Gasteiger charge is 2.16. The van der Waals surface area contributed by atoms with E-state index in [9.17, 15) is 4.79 Å². The first-order valence-corrected chi connectivity index (χ1v) is 10.7. The largest absolute Gasteiger partial charge is 0.489 e. The van der Waals surface area contributed by atoms with Gasteiger partial charge in [-0.2, -0.15) is 4.98 Å². The van der Waals surface area contributed by atoms with E-state index in [4.69, 9.17) is 20.9 Å². The maximum Gasteiger partial charge on any atom is 0.258 e. The molecule has 3 aromatic rings. The lowest BCUT2D eigenvalue weighted by Gasteiger charge is -2.11. The standard InChI is InChI=1S/C24H27ClN2O3/c1-5-19-17(9-6-8-16(4)28)10-7-11-20(19)23-26-24(30-27-23)18-12-13-22(21(25)14-18)29-15(2)3/h7,10-15H,5-6,8-9H2,1-4H3. The summed E-state index contributed by atoms with van der Waals surface area (Å²) in [5.41, 5.74) is 4.11. The van der Waals surface area contributed by atoms with Gasteiger partial charge < -0.3 is 14.1 Å². The van der Waals surface area contributed by atoms with Gasteiger partial charge in [0.15, 0.2) is 0 Å². The smallest absolute Gasteiger partial charge is 0.258 e. The van der Waals surface area contributed by atoms with Crippen molar-refractivity contribution in [3.63, 3.8) is 0 Å². The van der Waals surface area contributed by atoms with Crippen molar-refractivity contribution in [2.75, 3.05) is 0 Å². The van der Waals surface area contributed by atoms with Gasteiger partial charge in [-0.15, -0.1) is 0 Å². The molecule has 0 fully saturated rings. The van der Waals surface area contributed by atoms with Crippen LogP contribution in [0.3, 0.4) is 0 Å². The Labute approximate surface area is 182 Å². The van der Waals surface area contributed by atoms with Crippen LogP contribution in [-0.4, -0.2) is 22.0 Å². The van der Waals surface area contributed by atoms with Crippen LogP contribution in [0.25, 0.3) is 22.8 Å². The molecule has 0 aliphatic heterocycles. The van der Waals surface area contributed by atoms with E-state index in [-0.39, 0.29) is 11.9 Å². The minimum atomic E-state index is 0.0403. The van der Waals surface area contributed by atoms with Gasteiger partial charge >= 0.3 is 0 Å². The summed E-state index contributed by atoms with van der Waals surface area (Å²) in [4.78, 5) is 15.9. The molecule has 0 N–H and O–H groups in total. The zero-order valence-corrected chi connectivity index (χ0v) is 18.6. The van der Waals surface area contributed by atoms with Crippen LogP contribution in [0.1, 0.15) is 51.7 Å². The van der Waals surface area contributed by atoms with Crippen LogP contribution >= 0.6 is 11.6 Å². The molecule has 0 aliphatic rings. The fourth-order valence-corrected chi connectivity index (χ4v) is 3.68. The maximum absolute atomic E-state index is 11.3. The van der Waals surface area contributed by atoms with Crippen molar-refractivity contribution in [1.29, 1.82) is 0 Å². The number of ether oxygens (including phenoxy) is 1. The van der Waals surface area contributed by atoms with Crippen molar-refractivity contribution in [3.05, 3.63) is 52.5 Å². The summed E-state index contributed by atoms with van der Waals surface area (Å²) in [6, 6.07) is 11.6. The van der Waals surface area contributed by atoms with Crippen LogP contribution in [0.4, 0.5) is 0 Å². The van der Waals surface area contributed by atoms with E-state index >= 15 is 0 Å². The summed E-state index contributed by atoms with van der Waals surface area (Å²) in [7, 11) is 0. The molecule has 0 saturated carbocycles. The second-order valence-corrected chi connectivity index (χ2v) is 7.99. The molecule has 0 unspecified atom stereocenters. The summed E-state index contributed by atoms with van der Waals surface area (Å²) in [5, 5.41) is 4.71.